The van der Waals surface area contributed by atoms with Gasteiger partial charge in [-0.2, -0.15) is 0 Å². The second kappa shape index (κ2) is 52.5. The fraction of sp³-hybridized carbons (Fsp3) is 0.500. The number of fused-ring (bicyclic) bond motifs is 2. The van der Waals surface area contributed by atoms with Crippen molar-refractivity contribution in [1.29, 1.82) is 10.5 Å². The van der Waals surface area contributed by atoms with Gasteiger partial charge in [-0.15, -0.1) is 113 Å². The van der Waals surface area contributed by atoms with Crippen LogP contribution in [0.25, 0.3) is 133 Å². The van der Waals surface area contributed by atoms with Gasteiger partial charge in [0.2, 0.25) is 0 Å². The van der Waals surface area contributed by atoms with Crippen LogP contribution in [0.15, 0.2) is 84.9 Å². The predicted octanol–water partition coefficient (Wildman–Crippen LogP) is 36.4. The largest absolute Gasteiger partial charge is 0.349 e. The number of anilines is 2. The number of thiophene rings is 10. The second-order valence-corrected chi connectivity index (χ2v) is 48.7. The van der Waals surface area contributed by atoms with Crippen LogP contribution in [0, 0.1) is 47.6 Å². The van der Waals surface area contributed by atoms with E-state index in [1.807, 2.05) is 68.0 Å². The van der Waals surface area contributed by atoms with Crippen molar-refractivity contribution in [3.05, 3.63) is 169 Å². The first-order chi connectivity index (χ1) is 64.7. The summed E-state index contributed by atoms with van der Waals surface area (Å²) < 4.78 is 4.56. The normalized spacial score (nSPS) is 13.0. The van der Waals surface area contributed by atoms with Crippen LogP contribution in [0.4, 0.5) is 10.3 Å². The summed E-state index contributed by atoms with van der Waals surface area (Å²) in [6.07, 6.45) is 50.6. The third-order valence-electron chi connectivity index (χ3n) is 26.2. The molecule has 2 atom stereocenters. The maximum atomic E-state index is 10.3. The lowest BCUT2D eigenvalue weighted by atomic mass is 9.95. The van der Waals surface area contributed by atoms with Crippen LogP contribution in [-0.2, 0) is 38.5 Å². The minimum absolute atomic E-state index is 0.0458. The first-order valence-electron chi connectivity index (χ1n) is 50.2. The fourth-order valence-electron chi connectivity index (χ4n) is 18.4. The van der Waals surface area contributed by atoms with Crippen LogP contribution in [0.2, 0.25) is 0 Å². The Morgan fingerprint density at radius 2 is 0.652 bits per heavy atom. The summed E-state index contributed by atoms with van der Waals surface area (Å²) in [6.45, 7) is 46.6. The number of aromatic nitrogens is 2. The molecule has 0 saturated carbocycles. The number of hydrogen-bond acceptors (Lipinski definition) is 18. The van der Waals surface area contributed by atoms with Crippen molar-refractivity contribution in [2.75, 3.05) is 36.0 Å². The van der Waals surface area contributed by atoms with Gasteiger partial charge in [-0.25, -0.2) is 30.2 Å². The number of benzene rings is 1. The lowest BCUT2D eigenvalue weighted by molar-refractivity contribution is 0.452. The Kier molecular flexibility index (Phi) is 40.8. The number of unbranched alkanes of at least 4 members (excludes halogenated alkanes) is 22. The highest BCUT2D eigenvalue weighted by atomic mass is 32.1. The Hall–Kier alpha value is -6.96. The summed E-state index contributed by atoms with van der Waals surface area (Å²) in [5.41, 5.74) is 8.64. The zero-order chi connectivity index (χ0) is 92.8. The summed E-state index contributed by atoms with van der Waals surface area (Å²) in [7, 11) is 0. The highest BCUT2D eigenvalue weighted by Crippen LogP contribution is 2.58. The highest BCUT2D eigenvalue weighted by molar-refractivity contribution is 7.32. The molecular formula is C112H138N8S12. The van der Waals surface area contributed by atoms with E-state index in [4.69, 9.17) is 23.1 Å². The van der Waals surface area contributed by atoms with Gasteiger partial charge < -0.3 is 9.80 Å². The van der Waals surface area contributed by atoms with Crippen molar-refractivity contribution in [3.63, 3.8) is 0 Å². The molecule has 20 heteroatoms. The van der Waals surface area contributed by atoms with E-state index in [0.717, 1.165) is 107 Å². The molecule has 698 valence electrons. The molecule has 0 bridgehead atoms. The molecule has 0 amide bonds. The quantitative estimate of drug-likeness (QED) is 0.0279. The van der Waals surface area contributed by atoms with Gasteiger partial charge in [-0.05, 0) is 223 Å². The Morgan fingerprint density at radius 3 is 0.970 bits per heavy atom. The van der Waals surface area contributed by atoms with E-state index in [2.05, 4.69) is 257 Å². The van der Waals surface area contributed by atoms with Crippen molar-refractivity contribution in [1.82, 2.24) is 9.97 Å². The molecule has 12 heterocycles. The standard InChI is InChI=1S/C112H138N8S12/c1-15-27-33-37-41-45-51-77-65-83(69-99-103(87(73-113)115-13)117-111(131-99)119(23-9)24-10)123-105(77)91-59-61-93(125-91)107-79(53-47-43-39-35-29-17-3)67-95(127-107)97-71-85-101(89-57-55-81(121-89)63-75(21-7)49-31-19-5)110-86(102(109(85)129-97)90-58-56-82(122-90)64-76(22-8)50-32-20-6)72-98(130-110)96-68-80(54-48-44-40-36-30-18-4)108(128-96)94-62-60-92(126-94)106-78(52-46-42-38-34-28-16-2)66-84(124-106)70-100-104(88(74-114)116-14)118-112(132-100)120(25-11)26-12/h55-62,65-72,75-76H,15-54,63-64H2,1-12H3/b99-69-,100-70-,103-87-,104-88+. The summed E-state index contributed by atoms with van der Waals surface area (Å²) in [5.74, 6) is 1.32. The van der Waals surface area contributed by atoms with Crippen LogP contribution in [-0.4, -0.2) is 36.1 Å². The molecule has 0 N–H and O–H groups in total. The number of thiazole rings is 2. The van der Waals surface area contributed by atoms with E-state index < -0.39 is 0 Å². The zero-order valence-electron chi connectivity index (χ0n) is 80.6. The third kappa shape index (κ3) is 26.1. The minimum Gasteiger partial charge on any atom is -0.349 e. The van der Waals surface area contributed by atoms with E-state index in [9.17, 15) is 10.5 Å². The van der Waals surface area contributed by atoms with Crippen LogP contribution < -0.4 is 29.6 Å². The smallest absolute Gasteiger partial charge is 0.288 e. The van der Waals surface area contributed by atoms with Crippen molar-refractivity contribution in [3.8, 4) is 91.5 Å². The Morgan fingerprint density at radius 1 is 0.341 bits per heavy atom. The molecule has 0 radical (unpaired) electrons. The first kappa shape index (κ1) is 102. The van der Waals surface area contributed by atoms with Crippen molar-refractivity contribution in [2.45, 2.75) is 327 Å². The molecule has 0 aliphatic rings. The molecule has 2 unspecified atom stereocenters. The maximum absolute atomic E-state index is 10.3. The van der Waals surface area contributed by atoms with Crippen molar-refractivity contribution in [2.24, 2.45) is 11.8 Å². The Labute approximate surface area is 838 Å². The molecule has 1 aromatic carbocycles. The topological polar surface area (TPSA) is 88.6 Å². The minimum atomic E-state index is 0.0458. The number of hydrogen-bond donors (Lipinski definition) is 0. The number of rotatable bonds is 56. The van der Waals surface area contributed by atoms with Crippen LogP contribution in [0.3, 0.4) is 0 Å². The summed E-state index contributed by atoms with van der Waals surface area (Å²) in [6, 6.07) is 39.6. The third-order valence-corrected chi connectivity index (χ3v) is 40.8. The molecule has 0 spiro atoms. The van der Waals surface area contributed by atoms with Gasteiger partial charge in [0.25, 0.3) is 11.4 Å². The lowest BCUT2D eigenvalue weighted by Gasteiger charge is -2.16. The molecule has 0 fully saturated rings. The van der Waals surface area contributed by atoms with E-state index in [1.54, 1.807) is 22.7 Å². The van der Waals surface area contributed by atoms with Crippen molar-refractivity contribution >= 4 is 190 Å². The van der Waals surface area contributed by atoms with Crippen LogP contribution >= 0.6 is 136 Å². The molecule has 13 aromatic rings. The van der Waals surface area contributed by atoms with Gasteiger partial charge in [0, 0.05) is 154 Å². The molecule has 0 aliphatic carbocycles. The van der Waals surface area contributed by atoms with Crippen LogP contribution in [0.5, 0.6) is 0 Å². The van der Waals surface area contributed by atoms with Gasteiger partial charge in [-0.1, -0.05) is 258 Å². The number of nitriles is 2. The lowest BCUT2D eigenvalue weighted by Crippen LogP contribution is -2.25. The average molecular weight is 1980 g/mol. The van der Waals surface area contributed by atoms with E-state index >= 15 is 0 Å². The summed E-state index contributed by atoms with van der Waals surface area (Å²) in [4.78, 5) is 46.2. The monoisotopic (exact) mass is 1980 g/mol. The Bertz CT molecular complexity index is 5850. The highest BCUT2D eigenvalue weighted by Gasteiger charge is 2.29. The molecule has 0 saturated heterocycles. The maximum Gasteiger partial charge on any atom is 0.288 e. The molecule has 13 rings (SSSR count). The van der Waals surface area contributed by atoms with Gasteiger partial charge in [0.05, 0.1) is 25.3 Å². The van der Waals surface area contributed by atoms with E-state index in [0.29, 0.717) is 22.5 Å². The van der Waals surface area contributed by atoms with Crippen molar-refractivity contribution < 1.29 is 0 Å². The molecule has 0 aliphatic heterocycles. The zero-order valence-corrected chi connectivity index (χ0v) is 90.4. The van der Waals surface area contributed by atoms with Gasteiger partial charge in [-0.3, -0.25) is 0 Å². The second-order valence-electron chi connectivity index (χ2n) is 35.8. The first-order valence-corrected chi connectivity index (χ1v) is 60.0. The molecule has 8 nitrogen and oxygen atoms in total. The SMILES string of the molecule is [C-]#[N+]/C(C#N)=c1\nc(N(CC)CC)s\c1=C/c1cc(CCCCCCCC)c(-c2ccc(-c3sc(-c4cc5c(-c6ccc(CC(CC)CCCC)s6)c6sc(-c7cc(CCCCCCCC)c(-c8ccc(-c9sc(/C=c%10\sc(N(CC)CC)n\c%10=C(/C#N)[N+]#[C-])cc9CCCCCCCC)s8)s7)cc6c(-c6ccc(CC(CC)CCCC)s6)c5s4)cc3CCCCCCCC)s2)s1. The average Bonchev–Trinajstić information content (AvgIpc) is 1.55. The summed E-state index contributed by atoms with van der Waals surface area (Å²) in [5, 5.41) is 26.1. The predicted molar refractivity (Wildman–Crippen MR) is 594 cm³/mol. The van der Waals surface area contributed by atoms with E-state index in [1.165, 1.54) is 324 Å². The van der Waals surface area contributed by atoms with Gasteiger partial charge in [0.15, 0.2) is 10.3 Å². The number of nitrogens with zero attached hydrogens (tertiary/aromatic N) is 8. The fourth-order valence-corrected chi connectivity index (χ4v) is 33.3. The van der Waals surface area contributed by atoms with E-state index in [-0.39, 0.29) is 11.4 Å². The van der Waals surface area contributed by atoms with Gasteiger partial charge >= 0.3 is 0 Å². The van der Waals surface area contributed by atoms with Crippen LogP contribution in [0.1, 0.15) is 330 Å². The van der Waals surface area contributed by atoms with Gasteiger partial charge in [0.1, 0.15) is 10.7 Å². The molecular weight excluding hydrogens is 1840 g/mol. The Balaban J connectivity index is 0.974. The molecule has 132 heavy (non-hydrogen) atoms. The summed E-state index contributed by atoms with van der Waals surface area (Å²) >= 11 is 23.1. The molecule has 12 aromatic heterocycles. The number of aryl methyl sites for hydroxylation is 4.